The van der Waals surface area contributed by atoms with Crippen molar-refractivity contribution in [3.63, 3.8) is 0 Å². The normalized spacial score (nSPS) is 9.69. The summed E-state index contributed by atoms with van der Waals surface area (Å²) in [5, 5.41) is 11.3. The van der Waals surface area contributed by atoms with Gasteiger partial charge in [0.25, 0.3) is 5.69 Å². The Hall–Kier alpha value is -2.15. The van der Waals surface area contributed by atoms with E-state index in [1.54, 1.807) is 6.92 Å². The van der Waals surface area contributed by atoms with Gasteiger partial charge in [-0.3, -0.25) is 10.1 Å². The van der Waals surface area contributed by atoms with Crippen LogP contribution in [-0.2, 0) is 4.74 Å². The Morgan fingerprint density at radius 3 is 2.62 bits per heavy atom. The third-order valence-corrected chi connectivity index (χ3v) is 2.03. The van der Waals surface area contributed by atoms with E-state index < -0.39 is 11.0 Å². The van der Waals surface area contributed by atoms with Gasteiger partial charge >= 0.3 is 6.09 Å². The highest BCUT2D eigenvalue weighted by Gasteiger charge is 2.16. The second-order valence-electron chi connectivity index (χ2n) is 3.07. The lowest BCUT2D eigenvalue weighted by Crippen LogP contribution is -2.37. The average molecular weight is 225 g/mol. The Morgan fingerprint density at radius 2 is 2.19 bits per heavy atom. The minimum Gasteiger partial charge on any atom is -0.452 e. The van der Waals surface area contributed by atoms with Crippen LogP contribution >= 0.6 is 0 Å². The lowest BCUT2D eigenvalue weighted by Gasteiger charge is -2.15. The first kappa shape index (κ1) is 11.9. The Balaban J connectivity index is 3.06. The van der Waals surface area contributed by atoms with Crippen molar-refractivity contribution in [2.45, 2.75) is 6.92 Å². The molecule has 86 valence electrons. The number of aryl methyl sites for hydroxylation is 1. The molecule has 0 saturated heterocycles. The summed E-state index contributed by atoms with van der Waals surface area (Å²) in [6.07, 6.45) is -0.742. The molecule has 0 atom stereocenters. The summed E-state index contributed by atoms with van der Waals surface area (Å²) in [6.45, 7) is 1.56. The summed E-state index contributed by atoms with van der Waals surface area (Å²) in [4.78, 5) is 21.1. The first-order chi connectivity index (χ1) is 7.47. The van der Waals surface area contributed by atoms with Gasteiger partial charge in [0.2, 0.25) is 0 Å². The van der Waals surface area contributed by atoms with E-state index in [4.69, 9.17) is 5.84 Å². The van der Waals surface area contributed by atoms with Gasteiger partial charge in [-0.15, -0.1) is 0 Å². The van der Waals surface area contributed by atoms with Crippen LogP contribution in [0.25, 0.3) is 0 Å². The van der Waals surface area contributed by atoms with Gasteiger partial charge in [0, 0.05) is 11.6 Å². The monoisotopic (exact) mass is 225 g/mol. The van der Waals surface area contributed by atoms with E-state index >= 15 is 0 Å². The van der Waals surface area contributed by atoms with E-state index in [0.29, 0.717) is 11.3 Å². The van der Waals surface area contributed by atoms with E-state index in [-0.39, 0.29) is 5.69 Å². The molecule has 0 aromatic heterocycles. The van der Waals surface area contributed by atoms with Crippen LogP contribution in [0.15, 0.2) is 18.2 Å². The highest BCUT2D eigenvalue weighted by Crippen LogP contribution is 2.23. The van der Waals surface area contributed by atoms with Crippen molar-refractivity contribution in [1.82, 2.24) is 0 Å². The van der Waals surface area contributed by atoms with Crippen LogP contribution in [0.1, 0.15) is 5.56 Å². The average Bonchev–Trinajstić information content (AvgIpc) is 2.26. The third-order valence-electron chi connectivity index (χ3n) is 2.03. The molecule has 1 amide bonds. The number of nitrogens with zero attached hydrogens (tertiary/aromatic N) is 2. The topological polar surface area (TPSA) is 98.7 Å². The molecule has 1 rings (SSSR count). The molecule has 0 aliphatic rings. The van der Waals surface area contributed by atoms with Gasteiger partial charge in [0.15, 0.2) is 0 Å². The number of carbonyl (C=O) groups excluding carboxylic acids is 1. The van der Waals surface area contributed by atoms with E-state index in [9.17, 15) is 14.9 Å². The maximum atomic E-state index is 11.1. The second kappa shape index (κ2) is 4.58. The lowest BCUT2D eigenvalue weighted by atomic mass is 10.2. The second-order valence-corrected chi connectivity index (χ2v) is 3.07. The fourth-order valence-corrected chi connectivity index (χ4v) is 1.20. The molecule has 1 aromatic carbocycles. The molecule has 0 heterocycles. The van der Waals surface area contributed by atoms with Crippen LogP contribution in [-0.4, -0.2) is 18.1 Å². The lowest BCUT2D eigenvalue weighted by molar-refractivity contribution is -0.385. The van der Waals surface area contributed by atoms with Crippen molar-refractivity contribution in [2.24, 2.45) is 5.84 Å². The van der Waals surface area contributed by atoms with Crippen molar-refractivity contribution in [3.8, 4) is 0 Å². The van der Waals surface area contributed by atoms with Gasteiger partial charge in [-0.1, -0.05) is 0 Å². The number of hydrazine groups is 1. The van der Waals surface area contributed by atoms with Crippen molar-refractivity contribution >= 4 is 17.5 Å². The summed E-state index contributed by atoms with van der Waals surface area (Å²) in [5.41, 5.74) is 0.721. The zero-order chi connectivity index (χ0) is 12.3. The highest BCUT2D eigenvalue weighted by molar-refractivity contribution is 5.86. The van der Waals surface area contributed by atoms with Gasteiger partial charge in [0.05, 0.1) is 17.7 Å². The number of rotatable bonds is 2. The predicted molar refractivity (Wildman–Crippen MR) is 56.9 cm³/mol. The van der Waals surface area contributed by atoms with Gasteiger partial charge in [-0.25, -0.2) is 15.6 Å². The summed E-state index contributed by atoms with van der Waals surface area (Å²) in [6, 6.07) is 4.10. The molecule has 0 unspecified atom stereocenters. The largest absolute Gasteiger partial charge is 0.452 e. The van der Waals surface area contributed by atoms with Crippen LogP contribution < -0.4 is 10.9 Å². The van der Waals surface area contributed by atoms with Crippen molar-refractivity contribution in [2.75, 3.05) is 12.1 Å². The Bertz CT molecular complexity index is 433. The van der Waals surface area contributed by atoms with Crippen molar-refractivity contribution in [3.05, 3.63) is 33.9 Å². The molecule has 0 aliphatic carbocycles. The molecule has 2 N–H and O–H groups in total. The van der Waals surface area contributed by atoms with Crippen LogP contribution in [0.5, 0.6) is 0 Å². The number of benzene rings is 1. The van der Waals surface area contributed by atoms with Gasteiger partial charge in [-0.2, -0.15) is 0 Å². The van der Waals surface area contributed by atoms with Crippen LogP contribution in [0.2, 0.25) is 0 Å². The minimum atomic E-state index is -0.742. The van der Waals surface area contributed by atoms with Crippen LogP contribution in [0.3, 0.4) is 0 Å². The highest BCUT2D eigenvalue weighted by atomic mass is 16.6. The predicted octanol–water partition coefficient (Wildman–Crippen LogP) is 1.35. The fraction of sp³-hybridized carbons (Fsp3) is 0.222. The number of ether oxygens (including phenoxy) is 1. The van der Waals surface area contributed by atoms with Gasteiger partial charge in [-0.05, 0) is 19.1 Å². The smallest absolute Gasteiger partial charge is 0.428 e. The number of nitro benzene ring substituents is 1. The quantitative estimate of drug-likeness (QED) is 0.354. The first-order valence-electron chi connectivity index (χ1n) is 4.35. The summed E-state index contributed by atoms with van der Waals surface area (Å²) in [7, 11) is 1.19. The number of anilines is 1. The fourth-order valence-electron chi connectivity index (χ4n) is 1.20. The number of nitro groups is 1. The third kappa shape index (κ3) is 2.26. The number of nitrogens with two attached hydrogens (primary N) is 1. The number of amides is 1. The molecule has 0 saturated carbocycles. The Labute approximate surface area is 91.5 Å². The molecule has 0 bridgehead atoms. The molecule has 7 nitrogen and oxygen atoms in total. The minimum absolute atomic E-state index is 0.0259. The Kier molecular flexibility index (Phi) is 3.41. The zero-order valence-corrected chi connectivity index (χ0v) is 8.84. The van der Waals surface area contributed by atoms with Crippen molar-refractivity contribution < 1.29 is 14.5 Å². The van der Waals surface area contributed by atoms with E-state index in [1.807, 2.05) is 0 Å². The molecular formula is C9H11N3O4. The van der Waals surface area contributed by atoms with Crippen LogP contribution in [0.4, 0.5) is 16.2 Å². The maximum absolute atomic E-state index is 11.1. The van der Waals surface area contributed by atoms with E-state index in [2.05, 4.69) is 4.74 Å². The Morgan fingerprint density at radius 1 is 1.56 bits per heavy atom. The van der Waals surface area contributed by atoms with Gasteiger partial charge in [0.1, 0.15) is 0 Å². The standard InChI is InChI=1S/C9H11N3O4/c1-6-5-7(11(10)9(13)16-2)3-4-8(6)12(14)15/h3-5H,10H2,1-2H3. The molecule has 0 radical (unpaired) electrons. The number of hydrogen-bond donors (Lipinski definition) is 1. The molecule has 16 heavy (non-hydrogen) atoms. The molecule has 7 heteroatoms. The van der Waals surface area contributed by atoms with E-state index in [1.165, 1.54) is 25.3 Å². The summed E-state index contributed by atoms with van der Waals surface area (Å²) in [5.74, 6) is 5.43. The first-order valence-corrected chi connectivity index (χ1v) is 4.35. The molecular weight excluding hydrogens is 214 g/mol. The molecule has 0 spiro atoms. The zero-order valence-electron chi connectivity index (χ0n) is 8.84. The molecule has 1 aromatic rings. The summed E-state index contributed by atoms with van der Waals surface area (Å²) >= 11 is 0. The van der Waals surface area contributed by atoms with Gasteiger partial charge < -0.3 is 4.74 Å². The number of methoxy groups -OCH3 is 1. The van der Waals surface area contributed by atoms with Crippen molar-refractivity contribution in [1.29, 1.82) is 0 Å². The number of carbonyl (C=O) groups is 1. The van der Waals surface area contributed by atoms with Crippen LogP contribution in [0, 0.1) is 17.0 Å². The summed E-state index contributed by atoms with van der Waals surface area (Å²) < 4.78 is 4.41. The molecule has 0 fully saturated rings. The molecule has 0 aliphatic heterocycles. The SMILES string of the molecule is COC(=O)N(N)c1ccc([N+](=O)[O-])c(C)c1. The van der Waals surface area contributed by atoms with E-state index in [0.717, 1.165) is 5.01 Å². The maximum Gasteiger partial charge on any atom is 0.428 e. The number of hydrogen-bond acceptors (Lipinski definition) is 5.